The van der Waals surface area contributed by atoms with Gasteiger partial charge in [0, 0.05) is 18.9 Å². The Hall–Kier alpha value is -2.09. The highest BCUT2D eigenvalue weighted by atomic mass is 35.5. The van der Waals surface area contributed by atoms with Crippen molar-refractivity contribution in [2.45, 2.75) is 52.0 Å². The zero-order chi connectivity index (χ0) is 18.2. The van der Waals surface area contributed by atoms with Gasteiger partial charge in [0.05, 0.1) is 18.2 Å². The van der Waals surface area contributed by atoms with E-state index < -0.39 is 5.97 Å². The summed E-state index contributed by atoms with van der Waals surface area (Å²) >= 11 is 6.39. The van der Waals surface area contributed by atoms with Crippen molar-refractivity contribution in [2.75, 3.05) is 7.05 Å². The monoisotopic (exact) mass is 355 g/mol. The average Bonchev–Trinajstić information content (AvgIpc) is 3.03. The van der Waals surface area contributed by atoms with Crippen LogP contribution in [0.2, 0.25) is 5.02 Å². The van der Waals surface area contributed by atoms with Crippen molar-refractivity contribution in [2.24, 2.45) is 0 Å². The molecule has 1 amide bonds. The Labute approximate surface area is 144 Å². The standard InChI is InChI=1S/C15H22ClN5O3/c1-8(20(5)9(22)6-7-10(23)24)13-17-18-14-11(16)12(15(2,3)4)19-21(13)14/h8,19H,6-7H2,1-5H3,(H,23,24). The first-order valence-electron chi connectivity index (χ1n) is 7.64. The largest absolute Gasteiger partial charge is 0.481 e. The topological polar surface area (TPSA) is 104 Å². The van der Waals surface area contributed by atoms with Crippen molar-refractivity contribution in [1.82, 2.24) is 24.7 Å². The lowest BCUT2D eigenvalue weighted by Crippen LogP contribution is -2.31. The summed E-state index contributed by atoms with van der Waals surface area (Å²) < 4.78 is 1.68. The van der Waals surface area contributed by atoms with Crippen LogP contribution in [-0.4, -0.2) is 48.7 Å². The Kier molecular flexibility index (Phi) is 4.89. The first-order valence-corrected chi connectivity index (χ1v) is 8.02. The number of carboxylic acid groups (broad SMARTS) is 1. The number of carbonyl (C=O) groups excluding carboxylic acids is 1. The Morgan fingerprint density at radius 2 is 1.96 bits per heavy atom. The van der Waals surface area contributed by atoms with Crippen molar-refractivity contribution in [3.63, 3.8) is 0 Å². The molecule has 2 aromatic rings. The minimum absolute atomic E-state index is 0.0587. The van der Waals surface area contributed by atoms with Gasteiger partial charge in [0.1, 0.15) is 5.02 Å². The summed E-state index contributed by atoms with van der Waals surface area (Å²) in [7, 11) is 1.62. The number of halogens is 1. The number of aromatic nitrogens is 4. The number of hydrogen-bond acceptors (Lipinski definition) is 4. The number of amides is 1. The van der Waals surface area contributed by atoms with Crippen LogP contribution in [0.4, 0.5) is 0 Å². The first kappa shape index (κ1) is 18.3. The maximum atomic E-state index is 12.1. The van der Waals surface area contributed by atoms with Crippen LogP contribution >= 0.6 is 11.6 Å². The van der Waals surface area contributed by atoms with E-state index >= 15 is 0 Å². The van der Waals surface area contributed by atoms with Crippen LogP contribution < -0.4 is 0 Å². The molecule has 0 spiro atoms. The summed E-state index contributed by atoms with van der Waals surface area (Å²) in [6.45, 7) is 7.90. The van der Waals surface area contributed by atoms with E-state index in [2.05, 4.69) is 15.3 Å². The fourth-order valence-electron chi connectivity index (χ4n) is 2.37. The molecule has 0 bridgehead atoms. The molecule has 0 saturated carbocycles. The average molecular weight is 356 g/mol. The van der Waals surface area contributed by atoms with Crippen LogP contribution in [0.5, 0.6) is 0 Å². The maximum absolute atomic E-state index is 12.1. The van der Waals surface area contributed by atoms with E-state index in [0.29, 0.717) is 16.5 Å². The van der Waals surface area contributed by atoms with Gasteiger partial charge in [-0.3, -0.25) is 14.7 Å². The molecule has 2 rings (SSSR count). The fourth-order valence-corrected chi connectivity index (χ4v) is 2.82. The number of rotatable bonds is 5. The molecule has 9 heteroatoms. The third-order valence-corrected chi connectivity index (χ3v) is 4.34. The Morgan fingerprint density at radius 1 is 1.33 bits per heavy atom. The Bertz CT molecular complexity index is 774. The second kappa shape index (κ2) is 6.43. The van der Waals surface area contributed by atoms with E-state index in [1.807, 2.05) is 20.8 Å². The number of carboxylic acids is 1. The predicted molar refractivity (Wildman–Crippen MR) is 89.1 cm³/mol. The lowest BCUT2D eigenvalue weighted by Gasteiger charge is -2.23. The smallest absolute Gasteiger partial charge is 0.303 e. The molecule has 2 N–H and O–H groups in total. The van der Waals surface area contributed by atoms with Gasteiger partial charge >= 0.3 is 5.97 Å². The second-order valence-corrected chi connectivity index (χ2v) is 7.22. The minimum atomic E-state index is -1.000. The van der Waals surface area contributed by atoms with Crippen LogP contribution in [0.15, 0.2) is 0 Å². The highest BCUT2D eigenvalue weighted by Crippen LogP contribution is 2.32. The van der Waals surface area contributed by atoms with Gasteiger partial charge in [0.15, 0.2) is 11.5 Å². The molecule has 1 unspecified atom stereocenters. The van der Waals surface area contributed by atoms with Crippen molar-refractivity contribution in [1.29, 1.82) is 0 Å². The number of H-pyrrole nitrogens is 1. The molecule has 132 valence electrons. The van der Waals surface area contributed by atoms with E-state index in [1.165, 1.54) is 4.90 Å². The minimum Gasteiger partial charge on any atom is -0.481 e. The number of carbonyl (C=O) groups is 2. The van der Waals surface area contributed by atoms with Gasteiger partial charge in [-0.25, -0.2) is 4.52 Å². The number of fused-ring (bicyclic) bond motifs is 1. The molecule has 2 heterocycles. The van der Waals surface area contributed by atoms with E-state index in [9.17, 15) is 9.59 Å². The van der Waals surface area contributed by atoms with Gasteiger partial charge in [-0.2, -0.15) is 0 Å². The quantitative estimate of drug-likeness (QED) is 0.857. The highest BCUT2D eigenvalue weighted by molar-refractivity contribution is 6.34. The molecule has 8 nitrogen and oxygen atoms in total. The van der Waals surface area contributed by atoms with E-state index in [0.717, 1.165) is 5.69 Å². The van der Waals surface area contributed by atoms with Crippen LogP contribution in [-0.2, 0) is 15.0 Å². The van der Waals surface area contributed by atoms with E-state index in [4.69, 9.17) is 16.7 Å². The number of nitrogens with zero attached hydrogens (tertiary/aromatic N) is 4. The number of aliphatic carboxylic acids is 1. The summed E-state index contributed by atoms with van der Waals surface area (Å²) in [4.78, 5) is 24.2. The molecule has 0 aromatic carbocycles. The molecule has 0 aliphatic carbocycles. The molecular formula is C15H22ClN5O3. The van der Waals surface area contributed by atoms with Crippen LogP contribution in [0.25, 0.3) is 5.65 Å². The van der Waals surface area contributed by atoms with Crippen LogP contribution in [0.3, 0.4) is 0 Å². The lowest BCUT2D eigenvalue weighted by molar-refractivity contribution is -0.141. The summed E-state index contributed by atoms with van der Waals surface area (Å²) in [5.41, 5.74) is 1.15. The van der Waals surface area contributed by atoms with E-state index in [-0.39, 0.29) is 30.2 Å². The van der Waals surface area contributed by atoms with Crippen molar-refractivity contribution in [3.8, 4) is 0 Å². The van der Waals surface area contributed by atoms with E-state index in [1.54, 1.807) is 18.5 Å². The number of aromatic amines is 1. The molecule has 0 aliphatic heterocycles. The maximum Gasteiger partial charge on any atom is 0.303 e. The molecule has 0 saturated heterocycles. The SMILES string of the molecule is CC(c1nnc2c(Cl)c(C(C)(C)C)[nH]n12)N(C)C(=O)CCC(=O)O. The third kappa shape index (κ3) is 3.38. The summed E-state index contributed by atoms with van der Waals surface area (Å²) in [5, 5.41) is 20.6. The Morgan fingerprint density at radius 3 is 2.50 bits per heavy atom. The molecule has 1 atom stereocenters. The molecule has 0 aliphatic rings. The van der Waals surface area contributed by atoms with Gasteiger partial charge < -0.3 is 10.0 Å². The van der Waals surface area contributed by atoms with Crippen molar-refractivity contribution >= 4 is 29.1 Å². The van der Waals surface area contributed by atoms with Gasteiger partial charge in [0.2, 0.25) is 5.91 Å². The summed E-state index contributed by atoms with van der Waals surface area (Å²) in [6.07, 6.45) is -0.259. The van der Waals surface area contributed by atoms with Gasteiger partial charge in [-0.15, -0.1) is 10.2 Å². The van der Waals surface area contributed by atoms with Crippen LogP contribution in [0, 0.1) is 0 Å². The molecule has 0 fully saturated rings. The molecule has 0 radical (unpaired) electrons. The molecule has 24 heavy (non-hydrogen) atoms. The number of nitrogens with one attached hydrogen (secondary N) is 1. The van der Waals surface area contributed by atoms with Crippen molar-refractivity contribution < 1.29 is 14.7 Å². The zero-order valence-electron chi connectivity index (χ0n) is 14.4. The third-order valence-electron chi connectivity index (χ3n) is 3.98. The highest BCUT2D eigenvalue weighted by Gasteiger charge is 2.28. The predicted octanol–water partition coefficient (Wildman–Crippen LogP) is 2.39. The van der Waals surface area contributed by atoms with Gasteiger partial charge in [-0.1, -0.05) is 32.4 Å². The Balaban J connectivity index is 2.31. The van der Waals surface area contributed by atoms with Crippen molar-refractivity contribution in [3.05, 3.63) is 16.5 Å². The van der Waals surface area contributed by atoms with Crippen LogP contribution in [0.1, 0.15) is 58.1 Å². The second-order valence-electron chi connectivity index (χ2n) is 6.84. The first-order chi connectivity index (χ1) is 11.0. The summed E-state index contributed by atoms with van der Waals surface area (Å²) in [5.74, 6) is -0.732. The fraction of sp³-hybridized carbons (Fsp3) is 0.600. The normalized spacial score (nSPS) is 13.2. The summed E-state index contributed by atoms with van der Waals surface area (Å²) in [6, 6.07) is -0.385. The molecule has 2 aromatic heterocycles. The van der Waals surface area contributed by atoms with Gasteiger partial charge in [0.25, 0.3) is 0 Å². The number of hydrogen-bond donors (Lipinski definition) is 2. The lowest BCUT2D eigenvalue weighted by atomic mass is 9.92. The zero-order valence-corrected chi connectivity index (χ0v) is 15.2. The van der Waals surface area contributed by atoms with Gasteiger partial charge in [-0.05, 0) is 6.92 Å². The molecular weight excluding hydrogens is 334 g/mol.